The maximum Gasteiger partial charge on any atom is 0.338 e. The maximum absolute atomic E-state index is 13.8. The van der Waals surface area contributed by atoms with Crippen molar-refractivity contribution in [1.29, 1.82) is 0 Å². The molecule has 0 unspecified atom stereocenters. The molecule has 4 heterocycles. The number of amides is 3. The number of nitrogens with one attached hydrogen (secondary N) is 1. The standard InChI is InChI=1S/C30H24N4O6S2/c1-2-40-29(38)17-10-12-19(13-11-17)32-21(35)16-33-28-25(42-30(33)39)22(18-7-6-14-31-15-18)23-24(41-28)27(37)34(26(23)36)20-8-4-3-5-9-20/h3-15,22-24H,2,16H2,1H3,(H,32,35)/t22-,23-,24+/m0/s1. The van der Waals surface area contributed by atoms with E-state index in [1.54, 1.807) is 73.9 Å². The molecule has 1 N–H and O–H groups in total. The average Bonchev–Trinajstić information content (AvgIpc) is 3.44. The minimum Gasteiger partial charge on any atom is -0.462 e. The van der Waals surface area contributed by atoms with Crippen molar-refractivity contribution in [3.05, 3.63) is 105 Å². The highest BCUT2D eigenvalue weighted by Gasteiger charge is 2.56. The van der Waals surface area contributed by atoms with Crippen molar-refractivity contribution in [1.82, 2.24) is 9.55 Å². The molecule has 4 aromatic rings. The molecular weight excluding hydrogens is 576 g/mol. The molecule has 0 bridgehead atoms. The molecule has 0 saturated carbocycles. The third kappa shape index (κ3) is 4.92. The third-order valence-electron chi connectivity index (χ3n) is 7.09. The zero-order chi connectivity index (χ0) is 29.4. The lowest BCUT2D eigenvalue weighted by Gasteiger charge is -2.30. The van der Waals surface area contributed by atoms with Crippen LogP contribution < -0.4 is 15.1 Å². The number of hydrogen-bond acceptors (Lipinski definition) is 9. The van der Waals surface area contributed by atoms with Gasteiger partial charge in [0.1, 0.15) is 11.8 Å². The average molecular weight is 601 g/mol. The first-order valence-electron chi connectivity index (χ1n) is 13.2. The van der Waals surface area contributed by atoms with Gasteiger partial charge in [-0.3, -0.25) is 28.7 Å². The second kappa shape index (κ2) is 11.4. The van der Waals surface area contributed by atoms with Crippen LogP contribution in [0, 0.1) is 5.92 Å². The van der Waals surface area contributed by atoms with E-state index in [4.69, 9.17) is 4.74 Å². The molecule has 0 spiro atoms. The fourth-order valence-electron chi connectivity index (χ4n) is 5.25. The molecule has 12 heteroatoms. The summed E-state index contributed by atoms with van der Waals surface area (Å²) in [5.74, 6) is -2.94. The number of hydrogen-bond donors (Lipinski definition) is 1. The Labute approximate surface area is 248 Å². The van der Waals surface area contributed by atoms with E-state index in [0.717, 1.165) is 23.1 Å². The first-order valence-corrected chi connectivity index (χ1v) is 14.9. The number of carbonyl (C=O) groups excluding carboxylic acids is 4. The largest absolute Gasteiger partial charge is 0.462 e. The Morgan fingerprint density at radius 2 is 1.74 bits per heavy atom. The van der Waals surface area contributed by atoms with Crippen molar-refractivity contribution in [2.45, 2.75) is 29.7 Å². The second-order valence-electron chi connectivity index (χ2n) is 9.65. The smallest absolute Gasteiger partial charge is 0.338 e. The number of imide groups is 1. The Kier molecular flexibility index (Phi) is 7.48. The van der Waals surface area contributed by atoms with Crippen molar-refractivity contribution in [2.75, 3.05) is 16.8 Å². The number of rotatable bonds is 7. The number of aromatic nitrogens is 2. The van der Waals surface area contributed by atoms with Gasteiger partial charge in [0.2, 0.25) is 17.7 Å². The van der Waals surface area contributed by atoms with Crippen molar-refractivity contribution >= 4 is 58.2 Å². The third-order valence-corrected chi connectivity index (χ3v) is 9.69. The molecule has 3 atom stereocenters. The van der Waals surface area contributed by atoms with Crippen molar-refractivity contribution in [3.8, 4) is 0 Å². The number of anilines is 2. The van der Waals surface area contributed by atoms with Crippen LogP contribution in [0.15, 0.2) is 88.9 Å². The number of pyridine rings is 1. The number of benzene rings is 2. The van der Waals surface area contributed by atoms with Gasteiger partial charge in [-0.05, 0) is 55.0 Å². The first kappa shape index (κ1) is 27.6. The molecule has 1 fully saturated rings. The lowest BCUT2D eigenvalue weighted by molar-refractivity contribution is -0.122. The lowest BCUT2D eigenvalue weighted by Crippen LogP contribution is -2.33. The van der Waals surface area contributed by atoms with Gasteiger partial charge in [-0.15, -0.1) is 0 Å². The monoisotopic (exact) mass is 600 g/mol. The van der Waals surface area contributed by atoms with E-state index in [9.17, 15) is 24.0 Å². The quantitative estimate of drug-likeness (QED) is 0.250. The summed E-state index contributed by atoms with van der Waals surface area (Å²) in [6.07, 6.45) is 3.26. The molecule has 0 aliphatic carbocycles. The number of para-hydroxylation sites is 1. The van der Waals surface area contributed by atoms with Gasteiger partial charge < -0.3 is 10.1 Å². The van der Waals surface area contributed by atoms with Crippen LogP contribution in [0.5, 0.6) is 0 Å². The van der Waals surface area contributed by atoms with Crippen LogP contribution in [-0.4, -0.2) is 45.1 Å². The fraction of sp³-hybridized carbons (Fsp3) is 0.200. The molecule has 1 saturated heterocycles. The normalized spacial score (nSPS) is 19.3. The zero-order valence-electron chi connectivity index (χ0n) is 22.3. The number of nitrogens with zero attached hydrogens (tertiary/aromatic N) is 3. The van der Waals surface area contributed by atoms with Gasteiger partial charge in [-0.25, -0.2) is 9.69 Å². The molecule has 0 radical (unpaired) electrons. The lowest BCUT2D eigenvalue weighted by atomic mass is 9.84. The molecule has 42 heavy (non-hydrogen) atoms. The van der Waals surface area contributed by atoms with E-state index in [1.165, 1.54) is 9.47 Å². The van der Waals surface area contributed by atoms with Gasteiger partial charge in [-0.1, -0.05) is 47.4 Å². The summed E-state index contributed by atoms with van der Waals surface area (Å²) in [5, 5.41) is 2.46. The summed E-state index contributed by atoms with van der Waals surface area (Å²) < 4.78 is 6.34. The van der Waals surface area contributed by atoms with E-state index in [-0.39, 0.29) is 29.8 Å². The first-order chi connectivity index (χ1) is 20.4. The Morgan fingerprint density at radius 3 is 2.43 bits per heavy atom. The van der Waals surface area contributed by atoms with Gasteiger partial charge in [-0.2, -0.15) is 0 Å². The Hall–Kier alpha value is -4.55. The van der Waals surface area contributed by atoms with Crippen molar-refractivity contribution < 1.29 is 23.9 Å². The predicted molar refractivity (Wildman–Crippen MR) is 158 cm³/mol. The van der Waals surface area contributed by atoms with Gasteiger partial charge >= 0.3 is 10.8 Å². The summed E-state index contributed by atoms with van der Waals surface area (Å²) in [6.45, 7) is 1.68. The molecular formula is C30H24N4O6S2. The van der Waals surface area contributed by atoms with Crippen LogP contribution in [0.1, 0.15) is 33.6 Å². The predicted octanol–water partition coefficient (Wildman–Crippen LogP) is 3.92. The van der Waals surface area contributed by atoms with E-state index < -0.39 is 29.0 Å². The minimum absolute atomic E-state index is 0.252. The van der Waals surface area contributed by atoms with Crippen LogP contribution >= 0.6 is 23.1 Å². The van der Waals surface area contributed by atoms with Crippen LogP contribution in [0.2, 0.25) is 0 Å². The van der Waals surface area contributed by atoms with Gasteiger partial charge in [0, 0.05) is 28.9 Å². The SMILES string of the molecule is CCOC(=O)c1ccc(NC(=O)Cn2c3c(sc2=O)[C@@H](c2cccnc2)[C@@H]2C(=O)N(c4ccccc4)C(=O)[C@@H]2S3)cc1. The number of carbonyl (C=O) groups is 4. The molecule has 10 nitrogen and oxygen atoms in total. The Balaban J connectivity index is 1.32. The van der Waals surface area contributed by atoms with Crippen LogP contribution in [0.25, 0.3) is 0 Å². The zero-order valence-corrected chi connectivity index (χ0v) is 23.9. The van der Waals surface area contributed by atoms with Crippen LogP contribution in [0.3, 0.4) is 0 Å². The summed E-state index contributed by atoms with van der Waals surface area (Å²) >= 11 is 2.12. The van der Waals surface area contributed by atoms with E-state index in [2.05, 4.69) is 10.3 Å². The number of fused-ring (bicyclic) bond motifs is 2. The maximum atomic E-state index is 13.8. The molecule has 2 aromatic carbocycles. The highest BCUT2D eigenvalue weighted by atomic mass is 32.2. The summed E-state index contributed by atoms with van der Waals surface area (Å²) in [6, 6.07) is 18.6. The van der Waals surface area contributed by atoms with Gasteiger partial charge in [0.05, 0.1) is 28.8 Å². The Morgan fingerprint density at radius 1 is 0.976 bits per heavy atom. The molecule has 212 valence electrons. The molecule has 2 aliphatic heterocycles. The summed E-state index contributed by atoms with van der Waals surface area (Å²) in [7, 11) is 0. The second-order valence-corrected chi connectivity index (χ2v) is 11.8. The fourth-order valence-corrected chi connectivity index (χ4v) is 8.03. The highest BCUT2D eigenvalue weighted by molar-refractivity contribution is 8.00. The van der Waals surface area contributed by atoms with Crippen molar-refractivity contribution in [2.24, 2.45) is 5.92 Å². The molecule has 2 aliphatic rings. The van der Waals surface area contributed by atoms with Crippen molar-refractivity contribution in [3.63, 3.8) is 0 Å². The number of esters is 1. The molecule has 6 rings (SSSR count). The van der Waals surface area contributed by atoms with E-state index in [1.807, 2.05) is 12.1 Å². The number of ether oxygens (including phenoxy) is 1. The number of thiazole rings is 1. The van der Waals surface area contributed by atoms with Crippen LogP contribution in [0.4, 0.5) is 11.4 Å². The minimum atomic E-state index is -0.783. The summed E-state index contributed by atoms with van der Waals surface area (Å²) in [5.41, 5.74) is 2.00. The Bertz CT molecular complexity index is 1740. The molecule has 2 aromatic heterocycles. The summed E-state index contributed by atoms with van der Waals surface area (Å²) in [4.78, 5) is 71.5. The highest BCUT2D eigenvalue weighted by Crippen LogP contribution is 2.53. The topological polar surface area (TPSA) is 128 Å². The number of thioether (sulfide) groups is 1. The van der Waals surface area contributed by atoms with Gasteiger partial charge in [0.15, 0.2) is 0 Å². The van der Waals surface area contributed by atoms with E-state index in [0.29, 0.717) is 32.4 Å². The van der Waals surface area contributed by atoms with Crippen LogP contribution in [-0.2, 0) is 25.7 Å². The molecule has 3 amide bonds. The van der Waals surface area contributed by atoms with E-state index >= 15 is 0 Å². The van der Waals surface area contributed by atoms with Gasteiger partial charge in [0.25, 0.3) is 0 Å².